The van der Waals surface area contributed by atoms with Crippen molar-refractivity contribution in [3.63, 3.8) is 0 Å². The van der Waals surface area contributed by atoms with Gasteiger partial charge in [-0.25, -0.2) is 4.39 Å². The van der Waals surface area contributed by atoms with Crippen LogP contribution in [-0.2, 0) is 6.42 Å². The highest BCUT2D eigenvalue weighted by molar-refractivity contribution is 6.31. The molecule has 0 aromatic heterocycles. The maximum absolute atomic E-state index is 13.9. The molecule has 0 aliphatic heterocycles. The molecule has 2 rings (SSSR count). The summed E-state index contributed by atoms with van der Waals surface area (Å²) < 4.78 is 13.9. The van der Waals surface area contributed by atoms with Crippen molar-refractivity contribution in [2.75, 3.05) is 0 Å². The SMILES string of the molecule is N#CC1(Cc2c(F)cccc2Cl)CCCCCCC1. The summed E-state index contributed by atoms with van der Waals surface area (Å²) in [6, 6.07) is 7.20. The molecule has 1 aliphatic carbocycles. The van der Waals surface area contributed by atoms with Gasteiger partial charge in [0.15, 0.2) is 0 Å². The molecule has 3 heteroatoms. The first kappa shape index (κ1) is 14.3. The molecule has 1 saturated carbocycles. The lowest BCUT2D eigenvalue weighted by Gasteiger charge is -2.29. The summed E-state index contributed by atoms with van der Waals surface area (Å²) in [6.07, 6.45) is 7.86. The van der Waals surface area contributed by atoms with Crippen molar-refractivity contribution in [3.8, 4) is 6.07 Å². The molecule has 1 aliphatic rings. The number of hydrogen-bond donors (Lipinski definition) is 0. The zero-order chi connectivity index (χ0) is 13.7. The maximum atomic E-state index is 13.9. The summed E-state index contributed by atoms with van der Waals surface area (Å²) in [6.45, 7) is 0. The number of rotatable bonds is 2. The van der Waals surface area contributed by atoms with Crippen LogP contribution in [0, 0.1) is 22.6 Å². The van der Waals surface area contributed by atoms with E-state index < -0.39 is 5.41 Å². The number of hydrogen-bond acceptors (Lipinski definition) is 1. The third kappa shape index (κ3) is 3.48. The molecule has 0 heterocycles. The molecule has 0 bridgehead atoms. The van der Waals surface area contributed by atoms with Gasteiger partial charge in [-0.2, -0.15) is 5.26 Å². The van der Waals surface area contributed by atoms with Gasteiger partial charge in [0.2, 0.25) is 0 Å². The van der Waals surface area contributed by atoms with Crippen LogP contribution in [0.5, 0.6) is 0 Å². The zero-order valence-electron chi connectivity index (χ0n) is 11.1. The molecule has 0 amide bonds. The van der Waals surface area contributed by atoms with Gasteiger partial charge in [0.25, 0.3) is 0 Å². The highest BCUT2D eigenvalue weighted by Gasteiger charge is 2.32. The largest absolute Gasteiger partial charge is 0.207 e. The van der Waals surface area contributed by atoms with Crippen molar-refractivity contribution in [2.24, 2.45) is 5.41 Å². The third-order valence-corrected chi connectivity index (χ3v) is 4.48. The van der Waals surface area contributed by atoms with Crippen molar-refractivity contribution in [1.82, 2.24) is 0 Å². The zero-order valence-corrected chi connectivity index (χ0v) is 11.8. The average molecular weight is 280 g/mol. The van der Waals surface area contributed by atoms with E-state index in [1.165, 1.54) is 25.3 Å². The van der Waals surface area contributed by atoms with Crippen molar-refractivity contribution < 1.29 is 4.39 Å². The fourth-order valence-electron chi connectivity index (χ4n) is 2.95. The normalized spacial score (nSPS) is 19.2. The Labute approximate surface area is 119 Å². The summed E-state index contributed by atoms with van der Waals surface area (Å²) in [5, 5.41) is 10.0. The molecule has 0 spiro atoms. The highest BCUT2D eigenvalue weighted by atomic mass is 35.5. The van der Waals surface area contributed by atoms with Gasteiger partial charge in [0.05, 0.1) is 11.5 Å². The standard InChI is InChI=1S/C16H19ClFN/c17-14-7-6-8-15(18)13(14)11-16(12-19)9-4-2-1-3-5-10-16/h6-8H,1-5,9-11H2. The van der Waals surface area contributed by atoms with E-state index in [1.54, 1.807) is 12.1 Å². The Morgan fingerprint density at radius 2 is 1.79 bits per heavy atom. The molecule has 0 N–H and O–H groups in total. The summed E-state index contributed by atoms with van der Waals surface area (Å²) >= 11 is 6.09. The average Bonchev–Trinajstić information content (AvgIpc) is 2.37. The van der Waals surface area contributed by atoms with E-state index in [-0.39, 0.29) is 5.82 Å². The van der Waals surface area contributed by atoms with Gasteiger partial charge in [0.1, 0.15) is 5.82 Å². The molecule has 1 fully saturated rings. The van der Waals surface area contributed by atoms with E-state index in [9.17, 15) is 9.65 Å². The lowest BCUT2D eigenvalue weighted by Crippen LogP contribution is -2.24. The van der Waals surface area contributed by atoms with Gasteiger partial charge in [-0.3, -0.25) is 0 Å². The molecule has 102 valence electrons. The monoisotopic (exact) mass is 279 g/mol. The van der Waals surface area contributed by atoms with E-state index in [4.69, 9.17) is 11.6 Å². The predicted octanol–water partition coefficient (Wildman–Crippen LogP) is 5.28. The molecular formula is C16H19ClFN. The number of nitriles is 1. The predicted molar refractivity (Wildman–Crippen MR) is 75.5 cm³/mol. The van der Waals surface area contributed by atoms with Gasteiger partial charge in [-0.05, 0) is 31.4 Å². The Hall–Kier alpha value is -1.07. The highest BCUT2D eigenvalue weighted by Crippen LogP contribution is 2.38. The number of nitrogens with zero attached hydrogens (tertiary/aromatic N) is 1. The quantitative estimate of drug-likeness (QED) is 0.723. The van der Waals surface area contributed by atoms with Crippen molar-refractivity contribution in [2.45, 2.75) is 51.4 Å². The second kappa shape index (κ2) is 6.39. The third-order valence-electron chi connectivity index (χ3n) is 4.12. The van der Waals surface area contributed by atoms with Crippen molar-refractivity contribution in [3.05, 3.63) is 34.6 Å². The summed E-state index contributed by atoms with van der Waals surface area (Å²) in [7, 11) is 0. The molecule has 0 radical (unpaired) electrons. The van der Waals surface area contributed by atoms with Crippen LogP contribution in [0.3, 0.4) is 0 Å². The Bertz CT molecular complexity index is 450. The minimum atomic E-state index is -0.438. The molecule has 0 saturated heterocycles. The minimum Gasteiger partial charge on any atom is -0.207 e. The van der Waals surface area contributed by atoms with E-state index >= 15 is 0 Å². The fourth-order valence-corrected chi connectivity index (χ4v) is 3.18. The first-order chi connectivity index (χ1) is 9.17. The molecule has 1 aromatic carbocycles. The smallest absolute Gasteiger partial charge is 0.127 e. The summed E-state index contributed by atoms with van der Waals surface area (Å²) in [5.41, 5.74) is 0.0676. The van der Waals surface area contributed by atoms with Crippen LogP contribution >= 0.6 is 11.6 Å². The fraction of sp³-hybridized carbons (Fsp3) is 0.562. The van der Waals surface area contributed by atoms with E-state index in [2.05, 4.69) is 6.07 Å². The van der Waals surface area contributed by atoms with E-state index in [0.717, 1.165) is 25.7 Å². The Morgan fingerprint density at radius 3 is 2.37 bits per heavy atom. The van der Waals surface area contributed by atoms with Crippen LogP contribution in [0.1, 0.15) is 50.5 Å². The van der Waals surface area contributed by atoms with Crippen molar-refractivity contribution >= 4 is 11.6 Å². The van der Waals surface area contributed by atoms with Gasteiger partial charge < -0.3 is 0 Å². The molecule has 19 heavy (non-hydrogen) atoms. The molecular weight excluding hydrogens is 261 g/mol. The van der Waals surface area contributed by atoms with Crippen LogP contribution < -0.4 is 0 Å². The molecule has 1 nitrogen and oxygen atoms in total. The van der Waals surface area contributed by atoms with E-state index in [0.29, 0.717) is 17.0 Å². The number of halogens is 2. The van der Waals surface area contributed by atoms with Crippen LogP contribution in [0.2, 0.25) is 5.02 Å². The number of benzene rings is 1. The van der Waals surface area contributed by atoms with Gasteiger partial charge in [-0.15, -0.1) is 0 Å². The lowest BCUT2D eigenvalue weighted by atomic mass is 9.73. The minimum absolute atomic E-state index is 0.288. The second-order valence-electron chi connectivity index (χ2n) is 5.54. The van der Waals surface area contributed by atoms with Gasteiger partial charge in [-0.1, -0.05) is 49.8 Å². The van der Waals surface area contributed by atoms with Crippen LogP contribution in [0.4, 0.5) is 4.39 Å². The molecule has 0 unspecified atom stereocenters. The summed E-state index contributed by atoms with van der Waals surface area (Å²) in [4.78, 5) is 0. The Kier molecular flexibility index (Phi) is 4.82. The van der Waals surface area contributed by atoms with Crippen LogP contribution in [0.15, 0.2) is 18.2 Å². The van der Waals surface area contributed by atoms with E-state index in [1.807, 2.05) is 0 Å². The molecule has 1 aromatic rings. The van der Waals surface area contributed by atoms with Crippen LogP contribution in [0.25, 0.3) is 0 Å². The first-order valence-corrected chi connectivity index (χ1v) is 7.39. The lowest BCUT2D eigenvalue weighted by molar-refractivity contribution is 0.284. The first-order valence-electron chi connectivity index (χ1n) is 7.01. The Morgan fingerprint density at radius 1 is 1.16 bits per heavy atom. The van der Waals surface area contributed by atoms with Crippen LogP contribution in [-0.4, -0.2) is 0 Å². The summed E-state index contributed by atoms with van der Waals surface area (Å²) in [5.74, 6) is -0.288. The maximum Gasteiger partial charge on any atom is 0.127 e. The Balaban J connectivity index is 2.24. The topological polar surface area (TPSA) is 23.8 Å². The van der Waals surface area contributed by atoms with Crippen molar-refractivity contribution in [1.29, 1.82) is 5.26 Å². The van der Waals surface area contributed by atoms with Gasteiger partial charge in [0, 0.05) is 10.6 Å². The molecule has 0 atom stereocenters. The van der Waals surface area contributed by atoms with Gasteiger partial charge >= 0.3 is 0 Å². The second-order valence-corrected chi connectivity index (χ2v) is 5.94.